The zero-order chi connectivity index (χ0) is 5.28. The highest BCUT2D eigenvalue weighted by atomic mass is 15.1. The molecule has 0 bridgehead atoms. The van der Waals surface area contributed by atoms with Gasteiger partial charge in [-0.2, -0.15) is 0 Å². The van der Waals surface area contributed by atoms with Crippen LogP contribution in [0.3, 0.4) is 0 Å². The summed E-state index contributed by atoms with van der Waals surface area (Å²) in [5.74, 6) is 0. The van der Waals surface area contributed by atoms with Crippen molar-refractivity contribution in [3.63, 3.8) is 0 Å². The van der Waals surface area contributed by atoms with Gasteiger partial charge in [0, 0.05) is 6.04 Å². The molecule has 0 N–H and O–H groups in total. The molecule has 0 aliphatic heterocycles. The Morgan fingerprint density at radius 2 is 2.29 bits per heavy atom. The molecule has 1 aliphatic rings. The maximum atomic E-state index is 3.15. The summed E-state index contributed by atoms with van der Waals surface area (Å²) in [6.07, 6.45) is 6.41. The van der Waals surface area contributed by atoms with E-state index in [1.807, 2.05) is 0 Å². The lowest BCUT2D eigenvalue weighted by Crippen LogP contribution is -2.29. The Balaban J connectivity index is 2.29. The average Bonchev–Trinajstić information content (AvgIpc) is 1.23. The first-order chi connectivity index (χ1) is 3.30. The minimum absolute atomic E-state index is 0.611. The van der Waals surface area contributed by atoms with Crippen molar-refractivity contribution in [1.82, 2.24) is 4.90 Å². The summed E-state index contributed by atoms with van der Waals surface area (Å²) in [4.78, 5) is 2.17. The van der Waals surface area contributed by atoms with Crippen LogP contribution in [0.2, 0.25) is 0 Å². The molecule has 39 valence electrons. The fourth-order valence-corrected chi connectivity index (χ4v) is 0.583. The van der Waals surface area contributed by atoms with E-state index >= 15 is 0 Å². The minimum Gasteiger partial charge on any atom is -0.302 e. The molecule has 7 heavy (non-hydrogen) atoms. The molecule has 0 saturated heterocycles. The number of rotatable bonds is 1. The molecule has 1 unspecified atom stereocenters. The van der Waals surface area contributed by atoms with Crippen LogP contribution in [0.5, 0.6) is 0 Å². The first-order valence-corrected chi connectivity index (χ1v) is 2.55. The van der Waals surface area contributed by atoms with Crippen LogP contribution in [0.25, 0.3) is 0 Å². The molecule has 0 fully saturated rings. The lowest BCUT2D eigenvalue weighted by atomic mass is 10.0. The van der Waals surface area contributed by atoms with Crippen molar-refractivity contribution in [3.05, 3.63) is 12.2 Å². The van der Waals surface area contributed by atoms with Gasteiger partial charge < -0.3 is 4.90 Å². The second-order valence-electron chi connectivity index (χ2n) is 2.09. The van der Waals surface area contributed by atoms with Crippen LogP contribution in [-0.2, 0) is 0 Å². The molecule has 1 rings (SSSR count). The Morgan fingerprint density at radius 3 is 2.29 bits per heavy atom. The molecule has 0 aromatic carbocycles. The van der Waals surface area contributed by atoms with Crippen LogP contribution in [0.4, 0.5) is 0 Å². The van der Waals surface area contributed by atoms with Gasteiger partial charge in [0.2, 0.25) is 0 Å². The normalized spacial score (nSPS) is 28.1. The average molecular weight is 96.2 g/mol. The molecule has 0 amide bonds. The highest BCUT2D eigenvalue weighted by Gasteiger charge is 2.11. The fraction of sp³-hybridized carbons (Fsp3) is 0.667. The molecule has 0 aromatic heterocycles. The Kier molecular flexibility index (Phi) is 1.15. The van der Waals surface area contributed by atoms with Gasteiger partial charge in [0.05, 0.1) is 0 Å². The summed E-state index contributed by atoms with van der Waals surface area (Å²) in [5.41, 5.74) is 0. The summed E-state index contributed by atoms with van der Waals surface area (Å²) in [6, 6.07) is 0.611. The maximum absolute atomic E-state index is 3.15. The van der Waals surface area contributed by atoms with Gasteiger partial charge in [-0.15, -0.1) is 0 Å². The van der Waals surface area contributed by atoms with Crippen LogP contribution in [0, 0.1) is 6.08 Å². The first kappa shape index (κ1) is 4.85. The van der Waals surface area contributed by atoms with Crippen LogP contribution in [-0.4, -0.2) is 25.0 Å². The van der Waals surface area contributed by atoms with Crippen molar-refractivity contribution < 1.29 is 0 Å². The highest BCUT2D eigenvalue weighted by molar-refractivity contribution is 4.99. The highest BCUT2D eigenvalue weighted by Crippen LogP contribution is 2.09. The molecule has 1 heteroatoms. The van der Waals surface area contributed by atoms with E-state index in [0.29, 0.717) is 6.04 Å². The topological polar surface area (TPSA) is 3.24 Å². The molecule has 0 heterocycles. The second-order valence-corrected chi connectivity index (χ2v) is 2.09. The van der Waals surface area contributed by atoms with Gasteiger partial charge in [0.1, 0.15) is 0 Å². The largest absolute Gasteiger partial charge is 0.302 e. The molecule has 1 radical (unpaired) electrons. The quantitative estimate of drug-likeness (QED) is 0.464. The van der Waals surface area contributed by atoms with Gasteiger partial charge in [0.25, 0.3) is 0 Å². The molecule has 1 atom stereocenters. The molecule has 0 aromatic rings. The lowest BCUT2D eigenvalue weighted by Gasteiger charge is -2.23. The lowest BCUT2D eigenvalue weighted by molar-refractivity contribution is 0.318. The van der Waals surface area contributed by atoms with E-state index in [1.165, 1.54) is 6.42 Å². The van der Waals surface area contributed by atoms with Crippen LogP contribution < -0.4 is 0 Å². The van der Waals surface area contributed by atoms with Crippen LogP contribution in [0.15, 0.2) is 6.08 Å². The second kappa shape index (κ2) is 1.66. The van der Waals surface area contributed by atoms with Gasteiger partial charge in [-0.3, -0.25) is 0 Å². The molecule has 1 aliphatic carbocycles. The summed E-state index contributed by atoms with van der Waals surface area (Å²) < 4.78 is 0. The van der Waals surface area contributed by atoms with Gasteiger partial charge in [-0.05, 0) is 26.6 Å². The zero-order valence-electron chi connectivity index (χ0n) is 4.81. The maximum Gasteiger partial charge on any atom is 0.0376 e. The molecular formula is C6H10N. The molecule has 0 saturated carbocycles. The third-order valence-corrected chi connectivity index (χ3v) is 1.27. The fourth-order valence-electron chi connectivity index (χ4n) is 0.583. The van der Waals surface area contributed by atoms with E-state index in [0.717, 1.165) is 0 Å². The van der Waals surface area contributed by atoms with Crippen molar-refractivity contribution in [1.29, 1.82) is 0 Å². The molecular weight excluding hydrogens is 86.1 g/mol. The van der Waals surface area contributed by atoms with Crippen molar-refractivity contribution >= 4 is 0 Å². The number of hydrogen-bond donors (Lipinski definition) is 0. The van der Waals surface area contributed by atoms with Gasteiger partial charge in [-0.25, -0.2) is 0 Å². The molecule has 0 spiro atoms. The van der Waals surface area contributed by atoms with Crippen molar-refractivity contribution in [2.75, 3.05) is 14.1 Å². The van der Waals surface area contributed by atoms with E-state index < -0.39 is 0 Å². The standard InChI is InChI=1S/C6H10N/c1-7(2)6-4-3-5-6/h3,6H,4H2,1-2H3. The number of likely N-dealkylation sites (N-methyl/N-ethyl adjacent to an activating group) is 1. The SMILES string of the molecule is CN(C)C1[C]=CC1. The van der Waals surface area contributed by atoms with Crippen LogP contribution >= 0.6 is 0 Å². The third kappa shape index (κ3) is 0.829. The first-order valence-electron chi connectivity index (χ1n) is 2.55. The van der Waals surface area contributed by atoms with Gasteiger partial charge in [0.15, 0.2) is 0 Å². The van der Waals surface area contributed by atoms with Crippen molar-refractivity contribution in [2.45, 2.75) is 12.5 Å². The van der Waals surface area contributed by atoms with E-state index in [4.69, 9.17) is 0 Å². The summed E-state index contributed by atoms with van der Waals surface area (Å²) in [5, 5.41) is 0. The zero-order valence-corrected chi connectivity index (χ0v) is 4.81. The summed E-state index contributed by atoms with van der Waals surface area (Å²) in [7, 11) is 4.15. The van der Waals surface area contributed by atoms with E-state index in [2.05, 4.69) is 31.1 Å². The van der Waals surface area contributed by atoms with Crippen LogP contribution in [0.1, 0.15) is 6.42 Å². The summed E-state index contributed by atoms with van der Waals surface area (Å²) >= 11 is 0. The van der Waals surface area contributed by atoms with E-state index in [1.54, 1.807) is 0 Å². The van der Waals surface area contributed by atoms with Gasteiger partial charge >= 0.3 is 0 Å². The Morgan fingerprint density at radius 1 is 1.71 bits per heavy atom. The third-order valence-electron chi connectivity index (χ3n) is 1.27. The predicted molar refractivity (Wildman–Crippen MR) is 29.9 cm³/mol. The minimum atomic E-state index is 0.611. The predicted octanol–water partition coefficient (Wildman–Crippen LogP) is 0.680. The van der Waals surface area contributed by atoms with Gasteiger partial charge in [-0.1, -0.05) is 6.08 Å². The van der Waals surface area contributed by atoms with E-state index in [-0.39, 0.29) is 0 Å². The monoisotopic (exact) mass is 96.1 g/mol. The molecule has 1 nitrogen and oxygen atoms in total. The number of hydrogen-bond acceptors (Lipinski definition) is 1. The van der Waals surface area contributed by atoms with Crippen molar-refractivity contribution in [3.8, 4) is 0 Å². The summed E-state index contributed by atoms with van der Waals surface area (Å²) in [6.45, 7) is 0. The Hall–Kier alpha value is -0.300. The van der Waals surface area contributed by atoms with Crippen molar-refractivity contribution in [2.24, 2.45) is 0 Å². The number of nitrogens with zero attached hydrogens (tertiary/aromatic N) is 1. The Labute approximate surface area is 44.6 Å². The smallest absolute Gasteiger partial charge is 0.0376 e. The Bertz CT molecular complexity index is 84.2. The van der Waals surface area contributed by atoms with E-state index in [9.17, 15) is 0 Å².